The van der Waals surface area contributed by atoms with E-state index >= 15 is 0 Å². The molecule has 1 aliphatic rings. The summed E-state index contributed by atoms with van der Waals surface area (Å²) in [6.07, 6.45) is 2.64. The number of rotatable bonds is 9. The maximum Gasteiger partial charge on any atom is 0.261 e. The third-order valence-electron chi connectivity index (χ3n) is 5.17. The number of likely N-dealkylation sites (tertiary alicyclic amines) is 1. The minimum Gasteiger partial charge on any atom is -0.497 e. The van der Waals surface area contributed by atoms with E-state index in [0.29, 0.717) is 18.7 Å². The Balaban J connectivity index is 1.57. The number of benzene rings is 2. The smallest absolute Gasteiger partial charge is 0.261 e. The van der Waals surface area contributed by atoms with E-state index in [1.54, 1.807) is 7.11 Å². The van der Waals surface area contributed by atoms with Crippen molar-refractivity contribution in [2.75, 3.05) is 20.2 Å². The van der Waals surface area contributed by atoms with Crippen molar-refractivity contribution in [2.45, 2.75) is 45.4 Å². The fourth-order valence-electron chi connectivity index (χ4n) is 3.50. The van der Waals surface area contributed by atoms with Crippen molar-refractivity contribution in [3.8, 4) is 11.5 Å². The van der Waals surface area contributed by atoms with E-state index in [1.165, 1.54) is 24.0 Å². The third kappa shape index (κ3) is 5.49. The zero-order valence-electron chi connectivity index (χ0n) is 16.8. The van der Waals surface area contributed by atoms with Crippen molar-refractivity contribution in [3.63, 3.8) is 0 Å². The number of amides is 1. The molecule has 0 aromatic heterocycles. The standard InChI is InChI=1S/C23H30N2O3/c1-3-22(28-21-12-10-20(27-2)11-13-21)23(26)24-16-18-8-4-5-9-19(18)17-25-14-6-7-15-25/h4-5,8-13,22H,3,6-7,14-17H2,1-2H3,(H,24,26)/t22-/m1/s1. The van der Waals surface area contributed by atoms with Crippen LogP contribution in [0.15, 0.2) is 48.5 Å². The molecule has 1 saturated heterocycles. The Bertz CT molecular complexity index is 755. The molecule has 5 heteroatoms. The summed E-state index contributed by atoms with van der Waals surface area (Å²) in [5.41, 5.74) is 2.45. The number of nitrogens with one attached hydrogen (secondary N) is 1. The second-order valence-corrected chi connectivity index (χ2v) is 7.16. The van der Waals surface area contributed by atoms with Crippen LogP contribution < -0.4 is 14.8 Å². The summed E-state index contributed by atoms with van der Waals surface area (Å²) >= 11 is 0. The average molecular weight is 383 g/mol. The molecule has 1 N–H and O–H groups in total. The Hall–Kier alpha value is -2.53. The van der Waals surface area contributed by atoms with Crippen molar-refractivity contribution in [2.24, 2.45) is 0 Å². The van der Waals surface area contributed by atoms with Gasteiger partial charge in [-0.05, 0) is 67.7 Å². The molecule has 2 aromatic rings. The second-order valence-electron chi connectivity index (χ2n) is 7.16. The van der Waals surface area contributed by atoms with Crippen LogP contribution in [0.25, 0.3) is 0 Å². The molecule has 150 valence electrons. The predicted octanol–water partition coefficient (Wildman–Crippen LogP) is 3.76. The number of ether oxygens (including phenoxy) is 2. The van der Waals surface area contributed by atoms with Gasteiger partial charge in [-0.1, -0.05) is 31.2 Å². The molecule has 0 spiro atoms. The fraction of sp³-hybridized carbons (Fsp3) is 0.435. The highest BCUT2D eigenvalue weighted by Gasteiger charge is 2.19. The van der Waals surface area contributed by atoms with Crippen molar-refractivity contribution < 1.29 is 14.3 Å². The maximum atomic E-state index is 12.7. The molecule has 1 amide bonds. The van der Waals surface area contributed by atoms with Crippen LogP contribution in [0.4, 0.5) is 0 Å². The number of carbonyl (C=O) groups excluding carboxylic acids is 1. The first kappa shape index (κ1) is 20.2. The van der Waals surface area contributed by atoms with E-state index in [9.17, 15) is 4.79 Å². The van der Waals surface area contributed by atoms with Gasteiger partial charge in [0.15, 0.2) is 6.10 Å². The molecule has 3 rings (SSSR count). The topological polar surface area (TPSA) is 50.8 Å². The van der Waals surface area contributed by atoms with Gasteiger partial charge in [0.25, 0.3) is 5.91 Å². The van der Waals surface area contributed by atoms with Crippen LogP contribution in [0.5, 0.6) is 11.5 Å². The molecule has 0 unspecified atom stereocenters. The summed E-state index contributed by atoms with van der Waals surface area (Å²) in [4.78, 5) is 15.1. The lowest BCUT2D eigenvalue weighted by molar-refractivity contribution is -0.128. The van der Waals surface area contributed by atoms with Gasteiger partial charge in [-0.3, -0.25) is 9.69 Å². The van der Waals surface area contributed by atoms with E-state index in [0.717, 1.165) is 25.4 Å². The van der Waals surface area contributed by atoms with E-state index in [4.69, 9.17) is 9.47 Å². The van der Waals surface area contributed by atoms with Crippen molar-refractivity contribution in [1.82, 2.24) is 10.2 Å². The zero-order valence-corrected chi connectivity index (χ0v) is 16.8. The second kappa shape index (κ2) is 10.1. The van der Waals surface area contributed by atoms with Crippen LogP contribution >= 0.6 is 0 Å². The van der Waals surface area contributed by atoms with Crippen LogP contribution in [-0.4, -0.2) is 37.1 Å². The molecular formula is C23H30N2O3. The average Bonchev–Trinajstić information content (AvgIpc) is 3.24. The Labute approximate surface area is 167 Å². The van der Waals surface area contributed by atoms with Gasteiger partial charge in [0.2, 0.25) is 0 Å². The molecule has 1 fully saturated rings. The highest BCUT2D eigenvalue weighted by molar-refractivity contribution is 5.81. The van der Waals surface area contributed by atoms with Gasteiger partial charge in [-0.2, -0.15) is 0 Å². The zero-order chi connectivity index (χ0) is 19.8. The minimum absolute atomic E-state index is 0.0886. The fourth-order valence-corrected chi connectivity index (χ4v) is 3.50. The first-order chi connectivity index (χ1) is 13.7. The predicted molar refractivity (Wildman–Crippen MR) is 111 cm³/mol. The van der Waals surface area contributed by atoms with Crippen LogP contribution in [0, 0.1) is 0 Å². The molecule has 0 radical (unpaired) electrons. The van der Waals surface area contributed by atoms with E-state index in [-0.39, 0.29) is 5.91 Å². The molecule has 28 heavy (non-hydrogen) atoms. The molecule has 0 aliphatic carbocycles. The van der Waals surface area contributed by atoms with Crippen molar-refractivity contribution in [3.05, 3.63) is 59.7 Å². The minimum atomic E-state index is -0.515. The number of hydrogen-bond donors (Lipinski definition) is 1. The van der Waals surface area contributed by atoms with Gasteiger partial charge in [0.05, 0.1) is 7.11 Å². The van der Waals surface area contributed by atoms with E-state index in [2.05, 4.69) is 28.4 Å². The number of carbonyl (C=O) groups is 1. The SMILES string of the molecule is CC[C@@H](Oc1ccc(OC)cc1)C(=O)NCc1ccccc1CN1CCCC1. The van der Waals surface area contributed by atoms with Crippen molar-refractivity contribution in [1.29, 1.82) is 0 Å². The van der Waals surface area contributed by atoms with Gasteiger partial charge >= 0.3 is 0 Å². The summed E-state index contributed by atoms with van der Waals surface area (Å²) in [6.45, 7) is 5.74. The highest BCUT2D eigenvalue weighted by Crippen LogP contribution is 2.19. The third-order valence-corrected chi connectivity index (χ3v) is 5.17. The lowest BCUT2D eigenvalue weighted by Gasteiger charge is -2.20. The normalized spacial score (nSPS) is 15.2. The quantitative estimate of drug-likeness (QED) is 0.717. The van der Waals surface area contributed by atoms with E-state index < -0.39 is 6.10 Å². The Morgan fingerprint density at radius 2 is 1.68 bits per heavy atom. The highest BCUT2D eigenvalue weighted by atomic mass is 16.5. The van der Waals surface area contributed by atoms with Crippen LogP contribution in [0.2, 0.25) is 0 Å². The molecule has 1 heterocycles. The molecule has 0 saturated carbocycles. The van der Waals surface area contributed by atoms with Crippen LogP contribution in [0.1, 0.15) is 37.3 Å². The van der Waals surface area contributed by atoms with Crippen LogP contribution in [0.3, 0.4) is 0 Å². The largest absolute Gasteiger partial charge is 0.497 e. The summed E-state index contributed by atoms with van der Waals surface area (Å²) in [7, 11) is 1.62. The van der Waals surface area contributed by atoms with Gasteiger partial charge in [0, 0.05) is 13.1 Å². The number of methoxy groups -OCH3 is 1. The lowest BCUT2D eigenvalue weighted by atomic mass is 10.1. The molecule has 5 nitrogen and oxygen atoms in total. The molecule has 0 bridgehead atoms. The summed E-state index contributed by atoms with van der Waals surface area (Å²) < 4.78 is 11.0. The molecule has 2 aromatic carbocycles. The summed E-state index contributed by atoms with van der Waals surface area (Å²) in [5.74, 6) is 1.34. The summed E-state index contributed by atoms with van der Waals surface area (Å²) in [5, 5.41) is 3.05. The molecule has 1 atom stereocenters. The summed E-state index contributed by atoms with van der Waals surface area (Å²) in [6, 6.07) is 15.6. The number of nitrogens with zero attached hydrogens (tertiary/aromatic N) is 1. The first-order valence-corrected chi connectivity index (χ1v) is 10.1. The monoisotopic (exact) mass is 382 g/mol. The lowest BCUT2D eigenvalue weighted by Crippen LogP contribution is -2.37. The van der Waals surface area contributed by atoms with E-state index in [1.807, 2.05) is 37.3 Å². The van der Waals surface area contributed by atoms with Crippen LogP contribution in [-0.2, 0) is 17.9 Å². The Kier molecular flexibility index (Phi) is 7.31. The Morgan fingerprint density at radius 3 is 2.32 bits per heavy atom. The van der Waals surface area contributed by atoms with Crippen molar-refractivity contribution >= 4 is 5.91 Å². The Morgan fingerprint density at radius 1 is 1.04 bits per heavy atom. The number of hydrogen-bond acceptors (Lipinski definition) is 4. The first-order valence-electron chi connectivity index (χ1n) is 10.1. The van der Waals surface area contributed by atoms with Gasteiger partial charge < -0.3 is 14.8 Å². The van der Waals surface area contributed by atoms with Gasteiger partial charge in [-0.15, -0.1) is 0 Å². The van der Waals surface area contributed by atoms with Gasteiger partial charge in [-0.25, -0.2) is 0 Å². The maximum absolute atomic E-state index is 12.7. The van der Waals surface area contributed by atoms with Gasteiger partial charge in [0.1, 0.15) is 11.5 Å². The molecule has 1 aliphatic heterocycles. The molecular weight excluding hydrogens is 352 g/mol.